The molecule has 0 radical (unpaired) electrons. The van der Waals surface area contributed by atoms with Gasteiger partial charge in [-0.15, -0.1) is 0 Å². The summed E-state index contributed by atoms with van der Waals surface area (Å²) >= 11 is 0. The molecule has 0 aliphatic heterocycles. The first kappa shape index (κ1) is 14.1. The van der Waals surface area contributed by atoms with Gasteiger partial charge in [0.1, 0.15) is 5.69 Å². The van der Waals surface area contributed by atoms with E-state index in [-0.39, 0.29) is 11.6 Å². The number of ketones is 2. The quantitative estimate of drug-likeness (QED) is 0.782. The van der Waals surface area contributed by atoms with E-state index in [0.29, 0.717) is 23.4 Å². The Kier molecular flexibility index (Phi) is 4.35. The van der Waals surface area contributed by atoms with Crippen LogP contribution in [0.4, 0.5) is 0 Å². The summed E-state index contributed by atoms with van der Waals surface area (Å²) in [5.41, 5.74) is 1.60. The molecule has 0 spiro atoms. The largest absolute Gasteiger partial charge is 0.294 e. The molecule has 0 saturated carbocycles. The summed E-state index contributed by atoms with van der Waals surface area (Å²) in [6.45, 7) is 3.59. The normalized spacial score (nSPS) is 11.9. The number of hydrogen-bond acceptors (Lipinski definition) is 4. The Morgan fingerprint density at radius 2 is 1.95 bits per heavy atom. The smallest absolute Gasteiger partial charge is 0.189 e. The lowest BCUT2D eigenvalue weighted by molar-refractivity contribution is 0.0955. The van der Waals surface area contributed by atoms with Gasteiger partial charge in [0.05, 0.1) is 11.6 Å². The number of Topliss-reactive ketones (excluding diaryl/α,β-unsaturated/α-hetero) is 2. The van der Waals surface area contributed by atoms with Gasteiger partial charge in [0, 0.05) is 24.4 Å². The van der Waals surface area contributed by atoms with Crippen LogP contribution in [0.5, 0.6) is 0 Å². The van der Waals surface area contributed by atoms with Crippen LogP contribution in [0.1, 0.15) is 52.7 Å². The molecule has 0 saturated heterocycles. The fourth-order valence-corrected chi connectivity index (χ4v) is 1.93. The average molecular weight is 268 g/mol. The molecular formula is C16H16N2O2. The van der Waals surface area contributed by atoms with E-state index in [9.17, 15) is 9.59 Å². The van der Waals surface area contributed by atoms with Crippen LogP contribution in [0.3, 0.4) is 0 Å². The first-order chi connectivity index (χ1) is 9.63. The zero-order chi connectivity index (χ0) is 14.5. The number of carbonyl (C=O) groups excluding carboxylic acids is 2. The van der Waals surface area contributed by atoms with Crippen LogP contribution in [0.2, 0.25) is 0 Å². The van der Waals surface area contributed by atoms with Gasteiger partial charge >= 0.3 is 0 Å². The van der Waals surface area contributed by atoms with Crippen molar-refractivity contribution < 1.29 is 9.59 Å². The van der Waals surface area contributed by atoms with E-state index in [1.807, 2.05) is 6.92 Å². The Hall–Kier alpha value is -2.36. The zero-order valence-corrected chi connectivity index (χ0v) is 11.5. The van der Waals surface area contributed by atoms with E-state index >= 15 is 0 Å². The lowest BCUT2D eigenvalue weighted by Crippen LogP contribution is -2.13. The molecule has 2 aromatic heterocycles. The van der Waals surface area contributed by atoms with Crippen molar-refractivity contribution in [2.45, 2.75) is 26.2 Å². The number of rotatable bonds is 5. The molecule has 0 aromatic carbocycles. The number of carbonyl (C=O) groups is 2. The summed E-state index contributed by atoms with van der Waals surface area (Å²) in [5.74, 6) is -0.472. The Bertz CT molecular complexity index is 623. The van der Waals surface area contributed by atoms with Crippen molar-refractivity contribution in [3.8, 4) is 0 Å². The summed E-state index contributed by atoms with van der Waals surface area (Å²) in [6, 6.07) is 8.59. The van der Waals surface area contributed by atoms with Gasteiger partial charge in [-0.2, -0.15) is 0 Å². The lowest BCUT2D eigenvalue weighted by atomic mass is 9.97. The molecule has 2 rings (SSSR count). The molecule has 0 amide bonds. The second-order valence-corrected chi connectivity index (χ2v) is 4.55. The van der Waals surface area contributed by atoms with Crippen LogP contribution in [0.15, 0.2) is 42.7 Å². The molecule has 2 heterocycles. The fraction of sp³-hybridized carbons (Fsp3) is 0.250. The number of nitrogens with zero attached hydrogens (tertiary/aromatic N) is 2. The molecule has 0 aliphatic carbocycles. The molecule has 2 aromatic rings. The minimum absolute atomic E-state index is 0.0473. The predicted octanol–water partition coefficient (Wildman–Crippen LogP) is 3.06. The minimum atomic E-state index is -0.422. The summed E-state index contributed by atoms with van der Waals surface area (Å²) in [7, 11) is 0. The Morgan fingerprint density at radius 3 is 2.60 bits per heavy atom. The molecular weight excluding hydrogens is 252 g/mol. The van der Waals surface area contributed by atoms with Gasteiger partial charge < -0.3 is 0 Å². The second-order valence-electron chi connectivity index (χ2n) is 4.55. The van der Waals surface area contributed by atoms with Crippen LogP contribution < -0.4 is 0 Å². The van der Waals surface area contributed by atoms with Crippen molar-refractivity contribution in [3.05, 3.63) is 59.7 Å². The molecule has 0 N–H and O–H groups in total. The molecule has 20 heavy (non-hydrogen) atoms. The Balaban J connectivity index is 2.27. The van der Waals surface area contributed by atoms with Crippen LogP contribution in [0.25, 0.3) is 0 Å². The van der Waals surface area contributed by atoms with E-state index in [0.717, 1.165) is 0 Å². The van der Waals surface area contributed by atoms with E-state index in [1.54, 1.807) is 49.6 Å². The second kappa shape index (κ2) is 6.19. The number of hydrogen-bond donors (Lipinski definition) is 0. The van der Waals surface area contributed by atoms with Crippen LogP contribution in [-0.2, 0) is 0 Å². The van der Waals surface area contributed by atoms with Gasteiger partial charge in [-0.1, -0.05) is 13.0 Å². The van der Waals surface area contributed by atoms with Crippen molar-refractivity contribution in [1.82, 2.24) is 9.97 Å². The van der Waals surface area contributed by atoms with Crippen molar-refractivity contribution in [1.29, 1.82) is 0 Å². The number of aromatic nitrogens is 2. The SMILES string of the molecule is CCC(=O)c1ccnc([C@H](C)C(=O)c2ccccn2)c1. The molecule has 102 valence electrons. The third-order valence-electron chi connectivity index (χ3n) is 3.18. The van der Waals surface area contributed by atoms with Gasteiger partial charge in [0.15, 0.2) is 11.6 Å². The van der Waals surface area contributed by atoms with Gasteiger partial charge in [0.2, 0.25) is 0 Å². The highest BCUT2D eigenvalue weighted by Crippen LogP contribution is 2.19. The highest BCUT2D eigenvalue weighted by atomic mass is 16.1. The summed E-state index contributed by atoms with van der Waals surface area (Å²) < 4.78 is 0. The van der Waals surface area contributed by atoms with E-state index < -0.39 is 5.92 Å². The van der Waals surface area contributed by atoms with Crippen LogP contribution >= 0.6 is 0 Å². The van der Waals surface area contributed by atoms with Gasteiger partial charge in [0.25, 0.3) is 0 Å². The molecule has 4 nitrogen and oxygen atoms in total. The number of pyridine rings is 2. The first-order valence-electron chi connectivity index (χ1n) is 6.58. The first-order valence-corrected chi connectivity index (χ1v) is 6.58. The van der Waals surface area contributed by atoms with Crippen LogP contribution in [-0.4, -0.2) is 21.5 Å². The highest BCUT2D eigenvalue weighted by molar-refractivity contribution is 5.99. The fourth-order valence-electron chi connectivity index (χ4n) is 1.93. The van der Waals surface area contributed by atoms with E-state index in [2.05, 4.69) is 9.97 Å². The maximum atomic E-state index is 12.3. The monoisotopic (exact) mass is 268 g/mol. The Labute approximate surface area is 117 Å². The summed E-state index contributed by atoms with van der Waals surface area (Å²) in [5, 5.41) is 0. The van der Waals surface area contributed by atoms with Crippen molar-refractivity contribution >= 4 is 11.6 Å². The standard InChI is InChI=1S/C16H16N2O2/c1-3-15(19)12-7-9-18-14(10-12)11(2)16(20)13-6-4-5-8-17-13/h4-11H,3H2,1-2H3/t11-/m0/s1. The van der Waals surface area contributed by atoms with E-state index in [4.69, 9.17) is 0 Å². The molecule has 1 atom stereocenters. The Morgan fingerprint density at radius 1 is 1.15 bits per heavy atom. The topological polar surface area (TPSA) is 59.9 Å². The van der Waals surface area contributed by atoms with Gasteiger partial charge in [-0.05, 0) is 31.2 Å². The van der Waals surface area contributed by atoms with Crippen molar-refractivity contribution in [2.75, 3.05) is 0 Å². The third-order valence-corrected chi connectivity index (χ3v) is 3.18. The van der Waals surface area contributed by atoms with Crippen molar-refractivity contribution in [3.63, 3.8) is 0 Å². The zero-order valence-electron chi connectivity index (χ0n) is 11.5. The molecule has 4 heteroatoms. The van der Waals surface area contributed by atoms with Gasteiger partial charge in [-0.3, -0.25) is 19.6 Å². The van der Waals surface area contributed by atoms with Crippen LogP contribution in [0, 0.1) is 0 Å². The summed E-state index contributed by atoms with van der Waals surface area (Å²) in [6.07, 6.45) is 3.59. The molecule has 0 aliphatic rings. The van der Waals surface area contributed by atoms with Crippen molar-refractivity contribution in [2.24, 2.45) is 0 Å². The predicted molar refractivity (Wildman–Crippen MR) is 75.8 cm³/mol. The van der Waals surface area contributed by atoms with E-state index in [1.165, 1.54) is 0 Å². The summed E-state index contributed by atoms with van der Waals surface area (Å²) in [4.78, 5) is 32.3. The molecule has 0 unspecified atom stereocenters. The third kappa shape index (κ3) is 2.96. The lowest BCUT2D eigenvalue weighted by Gasteiger charge is -2.10. The van der Waals surface area contributed by atoms with Gasteiger partial charge in [-0.25, -0.2) is 0 Å². The molecule has 0 fully saturated rings. The average Bonchev–Trinajstić information content (AvgIpc) is 2.53. The maximum absolute atomic E-state index is 12.3. The maximum Gasteiger partial charge on any atom is 0.189 e. The minimum Gasteiger partial charge on any atom is -0.294 e. The highest BCUT2D eigenvalue weighted by Gasteiger charge is 2.20. The molecule has 0 bridgehead atoms.